The Kier molecular flexibility index (Phi) is 2.70. The van der Waals surface area contributed by atoms with Gasteiger partial charge < -0.3 is 4.42 Å². The lowest BCUT2D eigenvalue weighted by Gasteiger charge is -2.02. The zero-order chi connectivity index (χ0) is 9.35. The summed E-state index contributed by atoms with van der Waals surface area (Å²) >= 11 is 1.95. The Morgan fingerprint density at radius 2 is 2.08 bits per heavy atom. The van der Waals surface area contributed by atoms with E-state index in [0.717, 1.165) is 0 Å². The summed E-state index contributed by atoms with van der Waals surface area (Å²) in [5.41, 5.74) is 0.147. The second-order valence-electron chi connectivity index (χ2n) is 2.36. The van der Waals surface area contributed by atoms with E-state index in [9.17, 15) is 13.2 Å². The molecule has 1 aromatic rings. The zero-order valence-corrected chi connectivity index (χ0v) is 8.36. The standard InChI is InChI=1S/C7H6F3IO/c1-4-2-5(3-11)12-6(4)7(8,9)10/h2H,3H2,1H3. The van der Waals surface area contributed by atoms with E-state index >= 15 is 0 Å². The highest BCUT2D eigenvalue weighted by Crippen LogP contribution is 2.34. The third-order valence-electron chi connectivity index (χ3n) is 1.36. The molecule has 0 unspecified atom stereocenters. The molecule has 1 nitrogen and oxygen atoms in total. The summed E-state index contributed by atoms with van der Waals surface area (Å²) in [5.74, 6) is -0.519. The van der Waals surface area contributed by atoms with Gasteiger partial charge in [0.15, 0.2) is 0 Å². The first-order valence-electron chi connectivity index (χ1n) is 3.17. The van der Waals surface area contributed by atoms with Crippen LogP contribution in [0.2, 0.25) is 0 Å². The summed E-state index contributed by atoms with van der Waals surface area (Å²) in [6.45, 7) is 1.39. The molecule has 0 aromatic carbocycles. The number of rotatable bonds is 1. The van der Waals surface area contributed by atoms with E-state index < -0.39 is 11.9 Å². The van der Waals surface area contributed by atoms with Crippen molar-refractivity contribution in [1.82, 2.24) is 0 Å². The van der Waals surface area contributed by atoms with E-state index in [-0.39, 0.29) is 5.56 Å². The summed E-state index contributed by atoms with van der Waals surface area (Å²) in [6, 6.07) is 1.41. The predicted octanol–water partition coefficient (Wildman–Crippen LogP) is 3.54. The molecule has 1 heterocycles. The summed E-state index contributed by atoms with van der Waals surface area (Å²) in [4.78, 5) is 0. The lowest BCUT2D eigenvalue weighted by Crippen LogP contribution is -2.04. The summed E-state index contributed by atoms with van der Waals surface area (Å²) in [6.07, 6.45) is -4.37. The van der Waals surface area contributed by atoms with Crippen molar-refractivity contribution in [3.8, 4) is 0 Å². The maximum absolute atomic E-state index is 12.1. The van der Waals surface area contributed by atoms with Crippen LogP contribution in [0.25, 0.3) is 0 Å². The van der Waals surface area contributed by atoms with Crippen LogP contribution in [0, 0.1) is 6.92 Å². The van der Waals surface area contributed by atoms with E-state index in [4.69, 9.17) is 0 Å². The topological polar surface area (TPSA) is 13.1 Å². The van der Waals surface area contributed by atoms with Gasteiger partial charge in [-0.25, -0.2) is 0 Å². The molecule has 0 bridgehead atoms. The second-order valence-corrected chi connectivity index (χ2v) is 3.12. The molecule has 0 amide bonds. The minimum absolute atomic E-state index is 0.147. The molecule has 0 saturated heterocycles. The highest BCUT2D eigenvalue weighted by molar-refractivity contribution is 14.1. The highest BCUT2D eigenvalue weighted by atomic mass is 127. The smallest absolute Gasteiger partial charge is 0.449 e. The summed E-state index contributed by atoms with van der Waals surface area (Å²) in [5, 5.41) is 0. The third kappa shape index (κ3) is 1.94. The molecule has 0 atom stereocenters. The van der Waals surface area contributed by atoms with Crippen LogP contribution in [0.4, 0.5) is 13.2 Å². The van der Waals surface area contributed by atoms with Crippen LogP contribution in [0.1, 0.15) is 17.1 Å². The number of hydrogen-bond acceptors (Lipinski definition) is 1. The average molecular weight is 290 g/mol. The second kappa shape index (κ2) is 3.27. The fraction of sp³-hybridized carbons (Fsp3) is 0.429. The van der Waals surface area contributed by atoms with Crippen molar-refractivity contribution in [2.45, 2.75) is 17.5 Å². The van der Waals surface area contributed by atoms with Gasteiger partial charge in [0.1, 0.15) is 5.76 Å². The Hall–Kier alpha value is -0.200. The Balaban J connectivity index is 3.08. The average Bonchev–Trinajstić information content (AvgIpc) is 2.29. The molecule has 0 fully saturated rings. The molecule has 5 heteroatoms. The first kappa shape index (κ1) is 9.88. The number of furan rings is 1. The monoisotopic (exact) mass is 290 g/mol. The van der Waals surface area contributed by atoms with Gasteiger partial charge in [-0.3, -0.25) is 0 Å². The third-order valence-corrected chi connectivity index (χ3v) is 2.11. The van der Waals surface area contributed by atoms with Crippen LogP contribution in [0.15, 0.2) is 10.5 Å². The normalized spacial score (nSPS) is 12.1. The van der Waals surface area contributed by atoms with E-state index in [1.54, 1.807) is 0 Å². The van der Waals surface area contributed by atoms with Crippen LogP contribution in [0.3, 0.4) is 0 Å². The van der Waals surface area contributed by atoms with Crippen LogP contribution in [0.5, 0.6) is 0 Å². The molecule has 0 aliphatic carbocycles. The van der Waals surface area contributed by atoms with Crippen molar-refractivity contribution in [1.29, 1.82) is 0 Å². The molecule has 1 rings (SSSR count). The van der Waals surface area contributed by atoms with Crippen molar-refractivity contribution < 1.29 is 17.6 Å². The highest BCUT2D eigenvalue weighted by Gasteiger charge is 2.36. The zero-order valence-electron chi connectivity index (χ0n) is 6.20. The summed E-state index contributed by atoms with van der Waals surface area (Å²) < 4.78 is 41.4. The minimum Gasteiger partial charge on any atom is -0.455 e. The fourth-order valence-electron chi connectivity index (χ4n) is 0.895. The quantitative estimate of drug-likeness (QED) is 0.569. The van der Waals surface area contributed by atoms with Crippen molar-refractivity contribution >= 4 is 22.6 Å². The molecule has 0 aliphatic rings. The van der Waals surface area contributed by atoms with E-state index in [0.29, 0.717) is 10.2 Å². The number of hydrogen-bond donors (Lipinski definition) is 0. The molecule has 68 valence electrons. The van der Waals surface area contributed by atoms with Crippen molar-refractivity contribution in [3.63, 3.8) is 0 Å². The molecular formula is C7H6F3IO. The van der Waals surface area contributed by atoms with Gasteiger partial charge in [0.2, 0.25) is 5.76 Å². The maximum Gasteiger partial charge on any atom is 0.449 e. The number of alkyl halides is 4. The van der Waals surface area contributed by atoms with Crippen LogP contribution >= 0.6 is 22.6 Å². The van der Waals surface area contributed by atoms with Crippen molar-refractivity contribution in [2.24, 2.45) is 0 Å². The Morgan fingerprint density at radius 3 is 2.33 bits per heavy atom. The van der Waals surface area contributed by atoms with E-state index in [1.807, 2.05) is 22.6 Å². The Morgan fingerprint density at radius 1 is 1.50 bits per heavy atom. The van der Waals surface area contributed by atoms with Gasteiger partial charge in [-0.15, -0.1) is 0 Å². The largest absolute Gasteiger partial charge is 0.455 e. The van der Waals surface area contributed by atoms with Crippen molar-refractivity contribution in [2.75, 3.05) is 0 Å². The van der Waals surface area contributed by atoms with Gasteiger partial charge >= 0.3 is 6.18 Å². The maximum atomic E-state index is 12.1. The number of halogens is 4. The van der Waals surface area contributed by atoms with E-state index in [1.165, 1.54) is 13.0 Å². The number of aryl methyl sites for hydroxylation is 1. The molecule has 0 aliphatic heterocycles. The van der Waals surface area contributed by atoms with Gasteiger partial charge in [-0.2, -0.15) is 13.2 Å². The molecule has 0 radical (unpaired) electrons. The van der Waals surface area contributed by atoms with Gasteiger partial charge in [0.25, 0.3) is 0 Å². The molecule has 0 saturated carbocycles. The minimum atomic E-state index is -4.37. The molecule has 0 N–H and O–H groups in total. The van der Waals surface area contributed by atoms with Crippen LogP contribution in [-0.4, -0.2) is 0 Å². The van der Waals surface area contributed by atoms with Crippen molar-refractivity contribution in [3.05, 3.63) is 23.2 Å². The molecule has 12 heavy (non-hydrogen) atoms. The predicted molar refractivity (Wildman–Crippen MR) is 46.2 cm³/mol. The first-order chi connectivity index (χ1) is 5.45. The molecule has 0 spiro atoms. The first-order valence-corrected chi connectivity index (χ1v) is 4.70. The van der Waals surface area contributed by atoms with Gasteiger partial charge in [-0.05, 0) is 13.0 Å². The Bertz CT molecular complexity index is 277. The fourth-order valence-corrected chi connectivity index (χ4v) is 1.27. The van der Waals surface area contributed by atoms with Gasteiger partial charge in [0.05, 0.1) is 4.43 Å². The lowest BCUT2D eigenvalue weighted by atomic mass is 10.2. The molecular weight excluding hydrogens is 284 g/mol. The van der Waals surface area contributed by atoms with Crippen LogP contribution in [-0.2, 0) is 10.6 Å². The lowest BCUT2D eigenvalue weighted by molar-refractivity contribution is -0.153. The molecule has 1 aromatic heterocycles. The van der Waals surface area contributed by atoms with E-state index in [2.05, 4.69) is 4.42 Å². The SMILES string of the molecule is Cc1cc(CI)oc1C(F)(F)F. The van der Waals surface area contributed by atoms with Gasteiger partial charge in [0, 0.05) is 5.56 Å². The van der Waals surface area contributed by atoms with Gasteiger partial charge in [-0.1, -0.05) is 22.6 Å². The summed E-state index contributed by atoms with van der Waals surface area (Å²) in [7, 11) is 0. The van der Waals surface area contributed by atoms with Crippen LogP contribution < -0.4 is 0 Å². The Labute approximate surface area is 81.1 Å².